The molecule has 0 spiro atoms. The molecule has 0 saturated carbocycles. The van der Waals surface area contributed by atoms with Crippen molar-refractivity contribution in [1.29, 1.82) is 0 Å². The Kier molecular flexibility index (Phi) is 7.11. The lowest BCUT2D eigenvalue weighted by atomic mass is 10.1. The third-order valence-corrected chi connectivity index (χ3v) is 3.93. The Labute approximate surface area is 159 Å². The molecule has 0 aliphatic rings. The van der Waals surface area contributed by atoms with Crippen molar-refractivity contribution in [2.24, 2.45) is 0 Å². The number of hydrogen-bond donors (Lipinski definition) is 1. The van der Waals surface area contributed by atoms with Crippen LogP contribution in [0.15, 0.2) is 50.7 Å². The van der Waals surface area contributed by atoms with E-state index in [9.17, 15) is 9.90 Å². The second-order valence-corrected chi connectivity index (χ2v) is 7.05. The third-order valence-electron chi connectivity index (χ3n) is 3.93. The van der Waals surface area contributed by atoms with E-state index in [1.165, 1.54) is 17.2 Å². The summed E-state index contributed by atoms with van der Waals surface area (Å²) in [6.07, 6.45) is 5.84. The largest absolute Gasteiger partial charge is 0.507 e. The SMILES string of the molecule is CC(C)=CCCC(C)=CCOc1c(OC(C)C)c(=O)oc2cccc(O)c12. The fraction of sp³-hybridized carbons (Fsp3) is 0.409. The monoisotopic (exact) mass is 372 g/mol. The molecule has 0 unspecified atom stereocenters. The molecule has 27 heavy (non-hydrogen) atoms. The molecule has 2 aromatic rings. The lowest BCUT2D eigenvalue weighted by Crippen LogP contribution is -2.15. The first-order valence-corrected chi connectivity index (χ1v) is 9.16. The van der Waals surface area contributed by atoms with Crippen molar-refractivity contribution in [3.63, 3.8) is 0 Å². The molecular formula is C22H28O5. The minimum atomic E-state index is -0.624. The number of allylic oxidation sites excluding steroid dienone is 3. The molecule has 2 rings (SSSR count). The Hall–Kier alpha value is -2.69. The summed E-state index contributed by atoms with van der Waals surface area (Å²) in [6.45, 7) is 10.1. The molecule has 1 aromatic carbocycles. The van der Waals surface area contributed by atoms with Crippen LogP contribution in [0.5, 0.6) is 17.2 Å². The van der Waals surface area contributed by atoms with Gasteiger partial charge in [0.1, 0.15) is 23.3 Å². The molecule has 0 saturated heterocycles. The van der Waals surface area contributed by atoms with E-state index in [0.717, 1.165) is 12.8 Å². The first kappa shape index (κ1) is 20.6. The van der Waals surface area contributed by atoms with Gasteiger partial charge in [0.15, 0.2) is 5.75 Å². The van der Waals surface area contributed by atoms with Gasteiger partial charge in [-0.15, -0.1) is 0 Å². The molecule has 1 N–H and O–H groups in total. The first-order valence-electron chi connectivity index (χ1n) is 9.16. The standard InChI is InChI=1S/C22H28O5/c1-14(2)8-6-9-16(5)12-13-25-20-19-17(23)10-7-11-18(19)27-22(24)21(20)26-15(3)4/h7-8,10-12,15,23H,6,9,13H2,1-5H3. The van der Waals surface area contributed by atoms with Crippen LogP contribution >= 0.6 is 0 Å². The Morgan fingerprint density at radius 2 is 1.93 bits per heavy atom. The summed E-state index contributed by atoms with van der Waals surface area (Å²) in [6, 6.07) is 4.75. The molecule has 0 aliphatic carbocycles. The van der Waals surface area contributed by atoms with Crippen molar-refractivity contribution in [2.45, 2.75) is 53.6 Å². The fourth-order valence-electron chi connectivity index (χ4n) is 2.62. The molecule has 0 amide bonds. The molecule has 1 heterocycles. The van der Waals surface area contributed by atoms with Gasteiger partial charge >= 0.3 is 5.63 Å². The minimum absolute atomic E-state index is 0.0189. The number of hydrogen-bond acceptors (Lipinski definition) is 5. The normalized spacial score (nSPS) is 11.7. The average molecular weight is 372 g/mol. The highest BCUT2D eigenvalue weighted by molar-refractivity contribution is 5.91. The highest BCUT2D eigenvalue weighted by Gasteiger charge is 2.21. The molecular weight excluding hydrogens is 344 g/mol. The molecule has 1 aromatic heterocycles. The second kappa shape index (κ2) is 9.31. The molecule has 0 atom stereocenters. The molecule has 5 heteroatoms. The van der Waals surface area contributed by atoms with Crippen LogP contribution in [0.25, 0.3) is 11.0 Å². The van der Waals surface area contributed by atoms with E-state index < -0.39 is 5.63 Å². The lowest BCUT2D eigenvalue weighted by molar-refractivity contribution is 0.216. The van der Waals surface area contributed by atoms with E-state index in [1.807, 2.05) is 26.8 Å². The Balaban J connectivity index is 2.32. The van der Waals surface area contributed by atoms with Crippen LogP contribution in [0.2, 0.25) is 0 Å². The van der Waals surface area contributed by atoms with Crippen molar-refractivity contribution in [3.05, 3.63) is 51.9 Å². The van der Waals surface area contributed by atoms with Crippen LogP contribution in [0.3, 0.4) is 0 Å². The van der Waals surface area contributed by atoms with Crippen LogP contribution in [0.4, 0.5) is 0 Å². The number of ether oxygens (including phenoxy) is 2. The molecule has 0 radical (unpaired) electrons. The van der Waals surface area contributed by atoms with E-state index in [1.54, 1.807) is 12.1 Å². The Morgan fingerprint density at radius 3 is 2.59 bits per heavy atom. The molecule has 146 valence electrons. The van der Waals surface area contributed by atoms with Gasteiger partial charge in [-0.3, -0.25) is 0 Å². The minimum Gasteiger partial charge on any atom is -0.507 e. The van der Waals surface area contributed by atoms with Crippen LogP contribution in [0.1, 0.15) is 47.5 Å². The highest BCUT2D eigenvalue weighted by Crippen LogP contribution is 2.38. The van der Waals surface area contributed by atoms with Crippen molar-refractivity contribution >= 4 is 11.0 Å². The van der Waals surface area contributed by atoms with E-state index in [4.69, 9.17) is 13.9 Å². The van der Waals surface area contributed by atoms with Crippen molar-refractivity contribution in [3.8, 4) is 17.2 Å². The predicted molar refractivity (Wildman–Crippen MR) is 108 cm³/mol. The zero-order valence-electron chi connectivity index (χ0n) is 16.7. The summed E-state index contributed by atoms with van der Waals surface area (Å²) in [5.41, 5.74) is 2.12. The summed E-state index contributed by atoms with van der Waals surface area (Å²) >= 11 is 0. The van der Waals surface area contributed by atoms with Gasteiger partial charge in [-0.2, -0.15) is 0 Å². The summed E-state index contributed by atoms with van der Waals surface area (Å²) in [5, 5.41) is 10.6. The molecule has 5 nitrogen and oxygen atoms in total. The van der Waals surface area contributed by atoms with Crippen LogP contribution in [0, 0.1) is 0 Å². The number of rotatable bonds is 8. The van der Waals surface area contributed by atoms with Gasteiger partial charge in [-0.1, -0.05) is 23.3 Å². The smallest absolute Gasteiger partial charge is 0.383 e. The number of fused-ring (bicyclic) bond motifs is 1. The molecule has 0 aliphatic heterocycles. The fourth-order valence-corrected chi connectivity index (χ4v) is 2.62. The average Bonchev–Trinajstić information content (AvgIpc) is 2.57. The van der Waals surface area contributed by atoms with Gasteiger partial charge in [0.05, 0.1) is 6.10 Å². The summed E-state index contributed by atoms with van der Waals surface area (Å²) in [7, 11) is 0. The molecule has 0 bridgehead atoms. The third kappa shape index (κ3) is 5.64. The maximum absolute atomic E-state index is 12.3. The highest BCUT2D eigenvalue weighted by atomic mass is 16.5. The first-order chi connectivity index (χ1) is 12.8. The maximum atomic E-state index is 12.3. The van der Waals surface area contributed by atoms with E-state index >= 15 is 0 Å². The van der Waals surface area contributed by atoms with Gasteiger partial charge in [0, 0.05) is 0 Å². The van der Waals surface area contributed by atoms with E-state index in [0.29, 0.717) is 5.39 Å². The van der Waals surface area contributed by atoms with Gasteiger partial charge in [0.25, 0.3) is 0 Å². The summed E-state index contributed by atoms with van der Waals surface area (Å²) in [4.78, 5) is 12.3. The van der Waals surface area contributed by atoms with Gasteiger partial charge in [-0.05, 0) is 65.7 Å². The van der Waals surface area contributed by atoms with Gasteiger partial charge < -0.3 is 19.0 Å². The Morgan fingerprint density at radius 1 is 1.19 bits per heavy atom. The van der Waals surface area contributed by atoms with E-state index in [2.05, 4.69) is 19.9 Å². The number of phenols is 1. The van der Waals surface area contributed by atoms with Crippen molar-refractivity contribution in [2.75, 3.05) is 6.61 Å². The maximum Gasteiger partial charge on any atom is 0.383 e. The zero-order chi connectivity index (χ0) is 20.0. The van der Waals surface area contributed by atoms with Gasteiger partial charge in [-0.25, -0.2) is 4.79 Å². The van der Waals surface area contributed by atoms with E-state index in [-0.39, 0.29) is 35.5 Å². The second-order valence-electron chi connectivity index (χ2n) is 7.05. The summed E-state index contributed by atoms with van der Waals surface area (Å²) < 4.78 is 16.8. The van der Waals surface area contributed by atoms with Crippen LogP contribution in [-0.2, 0) is 0 Å². The molecule has 0 fully saturated rings. The van der Waals surface area contributed by atoms with Crippen molar-refractivity contribution in [1.82, 2.24) is 0 Å². The Bertz CT molecular complexity index is 899. The predicted octanol–water partition coefficient (Wildman–Crippen LogP) is 5.36. The zero-order valence-corrected chi connectivity index (χ0v) is 16.7. The number of aromatic hydroxyl groups is 1. The number of benzene rings is 1. The lowest BCUT2D eigenvalue weighted by Gasteiger charge is -2.15. The van der Waals surface area contributed by atoms with Gasteiger partial charge in [0.2, 0.25) is 5.75 Å². The quantitative estimate of drug-likeness (QED) is 0.499. The number of phenolic OH excluding ortho intramolecular Hbond substituents is 1. The van der Waals surface area contributed by atoms with Crippen molar-refractivity contribution < 1.29 is 19.0 Å². The topological polar surface area (TPSA) is 68.9 Å². The summed E-state index contributed by atoms with van der Waals surface area (Å²) in [5.74, 6) is 0.167. The van der Waals surface area contributed by atoms with Crippen LogP contribution < -0.4 is 15.1 Å². The van der Waals surface area contributed by atoms with Crippen LogP contribution in [-0.4, -0.2) is 17.8 Å².